The predicted molar refractivity (Wildman–Crippen MR) is 69.4 cm³/mol. The van der Waals surface area contributed by atoms with Crippen molar-refractivity contribution in [2.45, 2.75) is 39.7 Å². The lowest BCUT2D eigenvalue weighted by molar-refractivity contribution is 0.505. The SMILES string of the molecule is Cc1ccc([C@@H](N)CCC(C)C)cc1F.Cl. The van der Waals surface area contributed by atoms with E-state index in [1.54, 1.807) is 19.1 Å². The van der Waals surface area contributed by atoms with Crippen molar-refractivity contribution in [3.8, 4) is 0 Å². The molecular formula is C13H21ClFN. The van der Waals surface area contributed by atoms with Crippen molar-refractivity contribution in [2.75, 3.05) is 0 Å². The second-order valence-electron chi connectivity index (χ2n) is 4.59. The van der Waals surface area contributed by atoms with E-state index >= 15 is 0 Å². The maximum atomic E-state index is 13.3. The maximum Gasteiger partial charge on any atom is 0.126 e. The van der Waals surface area contributed by atoms with Crippen LogP contribution in [0.3, 0.4) is 0 Å². The third-order valence-electron chi connectivity index (χ3n) is 2.68. The van der Waals surface area contributed by atoms with Crippen molar-refractivity contribution in [1.29, 1.82) is 0 Å². The van der Waals surface area contributed by atoms with Gasteiger partial charge in [0.05, 0.1) is 0 Å². The Balaban J connectivity index is 0.00000225. The zero-order valence-electron chi connectivity index (χ0n) is 10.2. The molecule has 0 saturated heterocycles. The average Bonchev–Trinajstić information content (AvgIpc) is 2.18. The smallest absolute Gasteiger partial charge is 0.126 e. The molecule has 3 heteroatoms. The van der Waals surface area contributed by atoms with Crippen LogP contribution in [-0.2, 0) is 0 Å². The van der Waals surface area contributed by atoms with E-state index in [9.17, 15) is 4.39 Å². The molecule has 92 valence electrons. The molecule has 0 aromatic heterocycles. The highest BCUT2D eigenvalue weighted by atomic mass is 35.5. The Labute approximate surface area is 104 Å². The highest BCUT2D eigenvalue weighted by Gasteiger charge is 2.08. The van der Waals surface area contributed by atoms with Crippen molar-refractivity contribution in [3.63, 3.8) is 0 Å². The van der Waals surface area contributed by atoms with Crippen LogP contribution >= 0.6 is 12.4 Å². The van der Waals surface area contributed by atoms with E-state index in [-0.39, 0.29) is 24.3 Å². The Bertz CT molecular complexity index is 326. The zero-order chi connectivity index (χ0) is 11.4. The molecule has 1 nitrogen and oxygen atoms in total. The average molecular weight is 246 g/mol. The maximum absolute atomic E-state index is 13.3. The molecule has 0 amide bonds. The van der Waals surface area contributed by atoms with Gasteiger partial charge in [-0.05, 0) is 42.9 Å². The number of hydrogen-bond donors (Lipinski definition) is 1. The first kappa shape index (κ1) is 15.4. The largest absolute Gasteiger partial charge is 0.324 e. The van der Waals surface area contributed by atoms with Gasteiger partial charge in [0.15, 0.2) is 0 Å². The molecule has 0 aliphatic rings. The van der Waals surface area contributed by atoms with E-state index in [1.807, 2.05) is 6.07 Å². The lowest BCUT2D eigenvalue weighted by atomic mass is 9.97. The van der Waals surface area contributed by atoms with Gasteiger partial charge < -0.3 is 5.73 Å². The molecule has 0 bridgehead atoms. The third-order valence-corrected chi connectivity index (χ3v) is 2.68. The first-order chi connectivity index (χ1) is 7.00. The minimum atomic E-state index is -0.160. The summed E-state index contributed by atoms with van der Waals surface area (Å²) in [6.07, 6.45) is 2.00. The monoisotopic (exact) mass is 245 g/mol. The summed E-state index contributed by atoms with van der Waals surface area (Å²) in [5, 5.41) is 0. The second-order valence-corrected chi connectivity index (χ2v) is 4.59. The van der Waals surface area contributed by atoms with Crippen molar-refractivity contribution in [2.24, 2.45) is 11.7 Å². The molecule has 1 aromatic carbocycles. The zero-order valence-corrected chi connectivity index (χ0v) is 11.0. The summed E-state index contributed by atoms with van der Waals surface area (Å²) >= 11 is 0. The van der Waals surface area contributed by atoms with Crippen molar-refractivity contribution in [1.82, 2.24) is 0 Å². The molecule has 0 heterocycles. The fourth-order valence-electron chi connectivity index (χ4n) is 1.52. The molecule has 0 unspecified atom stereocenters. The van der Waals surface area contributed by atoms with Crippen LogP contribution in [-0.4, -0.2) is 0 Å². The van der Waals surface area contributed by atoms with Crippen molar-refractivity contribution < 1.29 is 4.39 Å². The van der Waals surface area contributed by atoms with Crippen molar-refractivity contribution >= 4 is 12.4 Å². The predicted octanol–water partition coefficient (Wildman–Crippen LogP) is 3.99. The highest BCUT2D eigenvalue weighted by Crippen LogP contribution is 2.20. The first-order valence-corrected chi connectivity index (χ1v) is 5.52. The number of nitrogens with two attached hydrogens (primary N) is 1. The summed E-state index contributed by atoms with van der Waals surface area (Å²) in [5.74, 6) is 0.485. The summed E-state index contributed by atoms with van der Waals surface area (Å²) in [6, 6.07) is 5.23. The van der Waals surface area contributed by atoms with Gasteiger partial charge in [0.25, 0.3) is 0 Å². The Morgan fingerprint density at radius 1 is 1.25 bits per heavy atom. The minimum Gasteiger partial charge on any atom is -0.324 e. The number of benzene rings is 1. The van der Waals surface area contributed by atoms with Crippen LogP contribution < -0.4 is 5.73 Å². The van der Waals surface area contributed by atoms with Crippen LogP contribution in [0.2, 0.25) is 0 Å². The highest BCUT2D eigenvalue weighted by molar-refractivity contribution is 5.85. The van der Waals surface area contributed by atoms with Crippen LogP contribution in [0.15, 0.2) is 18.2 Å². The van der Waals surface area contributed by atoms with E-state index in [4.69, 9.17) is 5.73 Å². The summed E-state index contributed by atoms with van der Waals surface area (Å²) < 4.78 is 13.3. The summed E-state index contributed by atoms with van der Waals surface area (Å²) in [6.45, 7) is 6.10. The summed E-state index contributed by atoms with van der Waals surface area (Å²) in [7, 11) is 0. The Hall–Kier alpha value is -0.600. The number of halogens is 2. The number of aryl methyl sites for hydroxylation is 1. The lowest BCUT2D eigenvalue weighted by Crippen LogP contribution is -2.11. The molecule has 0 radical (unpaired) electrons. The van der Waals surface area contributed by atoms with E-state index in [1.165, 1.54) is 0 Å². The van der Waals surface area contributed by atoms with Gasteiger partial charge in [0.2, 0.25) is 0 Å². The molecular weight excluding hydrogens is 225 g/mol. The number of hydrogen-bond acceptors (Lipinski definition) is 1. The Morgan fingerprint density at radius 2 is 1.88 bits per heavy atom. The van der Waals surface area contributed by atoms with Gasteiger partial charge in [-0.25, -0.2) is 4.39 Å². The molecule has 0 aliphatic carbocycles. The summed E-state index contributed by atoms with van der Waals surface area (Å²) in [5.41, 5.74) is 7.57. The van der Waals surface area contributed by atoms with E-state index < -0.39 is 0 Å². The summed E-state index contributed by atoms with van der Waals surface area (Å²) in [4.78, 5) is 0. The van der Waals surface area contributed by atoms with E-state index in [0.29, 0.717) is 11.5 Å². The van der Waals surface area contributed by atoms with E-state index in [2.05, 4.69) is 13.8 Å². The quantitative estimate of drug-likeness (QED) is 0.853. The molecule has 0 saturated carbocycles. The standard InChI is InChI=1S/C13H20FN.ClH/c1-9(2)4-7-13(15)11-6-5-10(3)12(14)8-11;/h5-6,8-9,13H,4,7,15H2,1-3H3;1H/t13-;/m0./s1. The number of rotatable bonds is 4. The molecule has 1 aromatic rings. The lowest BCUT2D eigenvalue weighted by Gasteiger charge is -2.14. The molecule has 0 fully saturated rings. The van der Waals surface area contributed by atoms with Gasteiger partial charge in [-0.15, -0.1) is 12.4 Å². The molecule has 1 rings (SSSR count). The Kier molecular flexibility index (Phi) is 6.61. The molecule has 16 heavy (non-hydrogen) atoms. The van der Waals surface area contributed by atoms with Crippen LogP contribution in [0.5, 0.6) is 0 Å². The molecule has 0 aliphatic heterocycles. The van der Waals surface area contributed by atoms with Crippen molar-refractivity contribution in [3.05, 3.63) is 35.1 Å². The molecule has 0 spiro atoms. The molecule has 2 N–H and O–H groups in total. The minimum absolute atomic E-state index is 0. The normalized spacial score (nSPS) is 12.4. The van der Waals surface area contributed by atoms with E-state index in [0.717, 1.165) is 18.4 Å². The van der Waals surface area contributed by atoms with Gasteiger partial charge >= 0.3 is 0 Å². The van der Waals surface area contributed by atoms with Crippen LogP contribution in [0.25, 0.3) is 0 Å². The Morgan fingerprint density at radius 3 is 2.38 bits per heavy atom. The molecule has 1 atom stereocenters. The fourth-order valence-corrected chi connectivity index (χ4v) is 1.52. The first-order valence-electron chi connectivity index (χ1n) is 5.52. The fraction of sp³-hybridized carbons (Fsp3) is 0.538. The topological polar surface area (TPSA) is 26.0 Å². The van der Waals surface area contributed by atoms with Gasteiger partial charge in [0.1, 0.15) is 5.82 Å². The van der Waals surface area contributed by atoms with Crippen LogP contribution in [0, 0.1) is 18.7 Å². The van der Waals surface area contributed by atoms with Crippen LogP contribution in [0.4, 0.5) is 4.39 Å². The van der Waals surface area contributed by atoms with Gasteiger partial charge in [-0.1, -0.05) is 26.0 Å². The van der Waals surface area contributed by atoms with Crippen LogP contribution in [0.1, 0.15) is 43.9 Å². The van der Waals surface area contributed by atoms with Gasteiger partial charge in [0, 0.05) is 6.04 Å². The third kappa shape index (κ3) is 4.50. The second kappa shape index (κ2) is 6.87. The van der Waals surface area contributed by atoms with Gasteiger partial charge in [-0.3, -0.25) is 0 Å². The van der Waals surface area contributed by atoms with Gasteiger partial charge in [-0.2, -0.15) is 0 Å².